The van der Waals surface area contributed by atoms with Crippen LogP contribution in [0.2, 0.25) is 10.0 Å². The lowest BCUT2D eigenvalue weighted by Gasteiger charge is -2.47. The van der Waals surface area contributed by atoms with Crippen LogP contribution in [-0.4, -0.2) is 41.6 Å². The van der Waals surface area contributed by atoms with Crippen molar-refractivity contribution >= 4 is 52.4 Å². The SMILES string of the molecule is COc1cc(C(=O)O)ccc1NC(=O)[C@@H]1NC2(CCCCC2)[C@@]2(C(=O)Nc3cc(Cl)ccc32)[C@H]1c1cccc(Cl)c1F. The summed E-state index contributed by atoms with van der Waals surface area (Å²) in [4.78, 5) is 40.2. The van der Waals surface area contributed by atoms with E-state index < -0.39 is 40.6 Å². The van der Waals surface area contributed by atoms with E-state index in [9.17, 15) is 19.5 Å². The molecule has 218 valence electrons. The maximum atomic E-state index is 16.0. The Bertz CT molecular complexity index is 1630. The van der Waals surface area contributed by atoms with Crippen LogP contribution in [0, 0.1) is 5.82 Å². The summed E-state index contributed by atoms with van der Waals surface area (Å²) < 4.78 is 21.4. The smallest absolute Gasteiger partial charge is 0.335 e. The maximum absolute atomic E-state index is 16.0. The molecule has 3 aromatic carbocycles. The number of carbonyl (C=O) groups is 3. The monoisotopic (exact) mass is 611 g/mol. The molecule has 0 bridgehead atoms. The first-order valence-corrected chi connectivity index (χ1v) is 14.4. The molecular weight excluding hydrogens is 584 g/mol. The summed E-state index contributed by atoms with van der Waals surface area (Å²) in [5, 5.41) is 19.1. The van der Waals surface area contributed by atoms with Gasteiger partial charge in [0, 0.05) is 22.2 Å². The van der Waals surface area contributed by atoms with Crippen LogP contribution in [0.15, 0.2) is 54.6 Å². The zero-order chi connectivity index (χ0) is 29.8. The minimum Gasteiger partial charge on any atom is -0.495 e. The Labute approximate surface area is 251 Å². The molecular formula is C31H28Cl2FN3O5. The summed E-state index contributed by atoms with van der Waals surface area (Å²) in [7, 11) is 1.37. The molecule has 2 heterocycles. The largest absolute Gasteiger partial charge is 0.495 e. The van der Waals surface area contributed by atoms with Gasteiger partial charge in [-0.1, -0.05) is 60.7 Å². The van der Waals surface area contributed by atoms with Gasteiger partial charge in [0.2, 0.25) is 11.8 Å². The fraction of sp³-hybridized carbons (Fsp3) is 0.323. The molecule has 6 rings (SSSR count). The highest BCUT2D eigenvalue weighted by molar-refractivity contribution is 6.31. The molecule has 2 spiro atoms. The molecule has 1 saturated heterocycles. The van der Waals surface area contributed by atoms with Gasteiger partial charge in [-0.15, -0.1) is 0 Å². The molecule has 2 fully saturated rings. The molecule has 3 aliphatic rings. The number of rotatable bonds is 5. The average molecular weight is 612 g/mol. The summed E-state index contributed by atoms with van der Waals surface area (Å²) in [5.41, 5.74) is -0.704. The van der Waals surface area contributed by atoms with E-state index in [1.165, 1.54) is 31.4 Å². The summed E-state index contributed by atoms with van der Waals surface area (Å²) in [6.45, 7) is 0. The first-order valence-electron chi connectivity index (χ1n) is 13.7. The third-order valence-electron chi connectivity index (χ3n) is 9.01. The second kappa shape index (κ2) is 10.6. The number of benzene rings is 3. The zero-order valence-corrected chi connectivity index (χ0v) is 24.1. The highest BCUT2D eigenvalue weighted by Crippen LogP contribution is 2.62. The number of aromatic carboxylic acids is 1. The van der Waals surface area contributed by atoms with Crippen LogP contribution in [0.4, 0.5) is 15.8 Å². The van der Waals surface area contributed by atoms with Crippen molar-refractivity contribution in [3.8, 4) is 5.75 Å². The molecule has 2 amide bonds. The number of halogens is 3. The van der Waals surface area contributed by atoms with Crippen molar-refractivity contribution in [1.82, 2.24) is 5.32 Å². The second-order valence-electron chi connectivity index (χ2n) is 11.0. The summed E-state index contributed by atoms with van der Waals surface area (Å²) in [5.74, 6) is -3.56. The fourth-order valence-electron chi connectivity index (χ4n) is 7.36. The number of ether oxygens (including phenoxy) is 1. The van der Waals surface area contributed by atoms with Gasteiger partial charge in [-0.2, -0.15) is 0 Å². The van der Waals surface area contributed by atoms with Crippen molar-refractivity contribution in [3.63, 3.8) is 0 Å². The van der Waals surface area contributed by atoms with E-state index in [0.717, 1.165) is 19.3 Å². The Morgan fingerprint density at radius 3 is 2.55 bits per heavy atom. The van der Waals surface area contributed by atoms with E-state index >= 15 is 4.39 Å². The third-order valence-corrected chi connectivity index (χ3v) is 9.54. The van der Waals surface area contributed by atoms with Crippen LogP contribution < -0.4 is 20.7 Å². The molecule has 3 aromatic rings. The van der Waals surface area contributed by atoms with Crippen molar-refractivity contribution in [2.45, 2.75) is 55.0 Å². The molecule has 4 N–H and O–H groups in total. The highest BCUT2D eigenvalue weighted by Gasteiger charge is 2.72. The van der Waals surface area contributed by atoms with Crippen molar-refractivity contribution in [2.75, 3.05) is 17.7 Å². The van der Waals surface area contributed by atoms with Crippen LogP contribution in [-0.2, 0) is 15.0 Å². The van der Waals surface area contributed by atoms with Crippen molar-refractivity contribution in [1.29, 1.82) is 0 Å². The number of anilines is 2. The number of methoxy groups -OCH3 is 1. The normalized spacial score (nSPS) is 24.0. The topological polar surface area (TPSA) is 117 Å². The average Bonchev–Trinajstić information content (AvgIpc) is 3.42. The van der Waals surface area contributed by atoms with E-state index in [1.54, 1.807) is 30.3 Å². The molecule has 0 aromatic heterocycles. The Morgan fingerprint density at radius 1 is 1.07 bits per heavy atom. The maximum Gasteiger partial charge on any atom is 0.335 e. The lowest BCUT2D eigenvalue weighted by Crippen LogP contribution is -2.60. The van der Waals surface area contributed by atoms with Crippen LogP contribution >= 0.6 is 23.2 Å². The Balaban J connectivity index is 1.55. The van der Waals surface area contributed by atoms with Crippen LogP contribution in [0.1, 0.15) is 59.5 Å². The van der Waals surface area contributed by atoms with Crippen molar-refractivity contribution in [3.05, 3.63) is 87.2 Å². The van der Waals surface area contributed by atoms with Gasteiger partial charge in [0.05, 0.1) is 29.4 Å². The summed E-state index contributed by atoms with van der Waals surface area (Å²) in [6.07, 6.45) is 3.76. The molecule has 1 aliphatic carbocycles. The van der Waals surface area contributed by atoms with E-state index in [1.807, 2.05) is 0 Å². The van der Waals surface area contributed by atoms with Gasteiger partial charge in [0.15, 0.2) is 0 Å². The number of fused-ring (bicyclic) bond motifs is 3. The van der Waals surface area contributed by atoms with Crippen LogP contribution in [0.25, 0.3) is 0 Å². The highest BCUT2D eigenvalue weighted by atomic mass is 35.5. The van der Waals surface area contributed by atoms with Crippen molar-refractivity contribution < 1.29 is 28.6 Å². The van der Waals surface area contributed by atoms with E-state index in [0.29, 0.717) is 29.1 Å². The fourth-order valence-corrected chi connectivity index (χ4v) is 7.71. The van der Waals surface area contributed by atoms with Gasteiger partial charge >= 0.3 is 5.97 Å². The van der Waals surface area contributed by atoms with Gasteiger partial charge in [-0.25, -0.2) is 9.18 Å². The van der Waals surface area contributed by atoms with Gasteiger partial charge in [0.1, 0.15) is 17.0 Å². The number of carboxylic acid groups (broad SMARTS) is 1. The summed E-state index contributed by atoms with van der Waals surface area (Å²) >= 11 is 12.6. The van der Waals surface area contributed by atoms with Crippen molar-refractivity contribution in [2.24, 2.45) is 0 Å². The number of nitrogens with one attached hydrogen (secondary N) is 3. The summed E-state index contributed by atoms with van der Waals surface area (Å²) in [6, 6.07) is 12.8. The molecule has 0 unspecified atom stereocenters. The van der Waals surface area contributed by atoms with Gasteiger partial charge < -0.3 is 20.5 Å². The molecule has 1 saturated carbocycles. The minimum atomic E-state index is -1.36. The molecule has 8 nitrogen and oxygen atoms in total. The minimum absolute atomic E-state index is 0.0132. The Hall–Kier alpha value is -3.66. The number of hydrogen-bond acceptors (Lipinski definition) is 5. The lowest BCUT2D eigenvalue weighted by atomic mass is 9.55. The number of amides is 2. The number of hydrogen-bond donors (Lipinski definition) is 4. The molecule has 42 heavy (non-hydrogen) atoms. The van der Waals surface area contributed by atoms with E-state index in [2.05, 4.69) is 16.0 Å². The van der Waals surface area contributed by atoms with Crippen LogP contribution in [0.5, 0.6) is 5.75 Å². The first-order chi connectivity index (χ1) is 20.1. The standard InChI is InChI=1S/C31H28Cl2FN3O5/c1-42-23-14-16(28(39)40)8-11-21(23)35-27(38)26-24(18-6-5-7-20(33)25(18)34)31(30(37-26)12-3-2-4-13-30)19-10-9-17(32)15-22(19)36-29(31)41/h5-11,14-15,24,26,37H,2-4,12-13H2,1H3,(H,35,38)(H,36,41)(H,39,40)/t24-,26+,31+/m0/s1. The van der Waals surface area contributed by atoms with Gasteiger partial charge in [-0.05, 0) is 60.4 Å². The molecule has 11 heteroatoms. The Morgan fingerprint density at radius 2 is 1.83 bits per heavy atom. The molecule has 2 aliphatic heterocycles. The lowest BCUT2D eigenvalue weighted by molar-refractivity contribution is -0.124. The second-order valence-corrected chi connectivity index (χ2v) is 11.9. The Kier molecular flexibility index (Phi) is 7.15. The number of carboxylic acids is 1. The zero-order valence-electron chi connectivity index (χ0n) is 22.6. The van der Waals surface area contributed by atoms with E-state index in [-0.39, 0.29) is 33.5 Å². The first kappa shape index (κ1) is 28.5. The quantitative estimate of drug-likeness (QED) is 0.276. The van der Waals surface area contributed by atoms with Gasteiger partial charge in [0.25, 0.3) is 0 Å². The third kappa shape index (κ3) is 4.17. The predicted molar refractivity (Wildman–Crippen MR) is 157 cm³/mol. The number of carbonyl (C=O) groups excluding carboxylic acids is 2. The van der Waals surface area contributed by atoms with Gasteiger partial charge in [-0.3, -0.25) is 14.9 Å². The van der Waals surface area contributed by atoms with Crippen LogP contribution in [0.3, 0.4) is 0 Å². The predicted octanol–water partition coefficient (Wildman–Crippen LogP) is 6.13. The molecule has 3 atom stereocenters. The van der Waals surface area contributed by atoms with E-state index in [4.69, 9.17) is 27.9 Å². The molecule has 0 radical (unpaired) electrons.